The molecule has 0 amide bonds. The average molecular weight is 605 g/mol. The van der Waals surface area contributed by atoms with Crippen LogP contribution in [0.3, 0.4) is 0 Å². The summed E-state index contributed by atoms with van der Waals surface area (Å²) in [6.07, 6.45) is 1.63. The van der Waals surface area contributed by atoms with Crippen molar-refractivity contribution >= 4 is 5.97 Å². The Morgan fingerprint density at radius 1 is 0.814 bits per heavy atom. The van der Waals surface area contributed by atoms with Gasteiger partial charge >= 0.3 is 12.3 Å². The number of carbonyl (C=O) groups is 1. The molecule has 3 aromatic carbocycles. The van der Waals surface area contributed by atoms with Gasteiger partial charge in [-0.2, -0.15) is 0 Å². The normalized spacial score (nSPS) is 14.2. The number of ether oxygens (including phenoxy) is 5. The van der Waals surface area contributed by atoms with E-state index in [4.69, 9.17) is 18.9 Å². The molecule has 1 aliphatic rings. The van der Waals surface area contributed by atoms with Gasteiger partial charge in [-0.3, -0.25) is 0 Å². The minimum absolute atomic E-state index is 0.213. The van der Waals surface area contributed by atoms with Crippen molar-refractivity contribution in [2.24, 2.45) is 5.41 Å². The van der Waals surface area contributed by atoms with E-state index in [0.717, 1.165) is 70.7 Å². The topological polar surface area (TPSA) is 63.2 Å². The quantitative estimate of drug-likeness (QED) is 0.0709. The van der Waals surface area contributed by atoms with E-state index >= 15 is 0 Å². The largest absolute Gasteiger partial charge is 0.573 e. The van der Waals surface area contributed by atoms with Crippen LogP contribution in [0.25, 0.3) is 11.1 Å². The predicted octanol–water partition coefficient (Wildman–Crippen LogP) is 8.38. The van der Waals surface area contributed by atoms with Gasteiger partial charge in [0.05, 0.1) is 32.0 Å². The van der Waals surface area contributed by atoms with Crippen LogP contribution < -0.4 is 14.2 Å². The van der Waals surface area contributed by atoms with Gasteiger partial charge in [0.25, 0.3) is 0 Å². The minimum Gasteiger partial charge on any atom is -0.494 e. The summed E-state index contributed by atoms with van der Waals surface area (Å²) >= 11 is 0. The van der Waals surface area contributed by atoms with E-state index in [1.54, 1.807) is 36.4 Å². The molecule has 3 aromatic rings. The van der Waals surface area contributed by atoms with E-state index in [9.17, 15) is 22.4 Å². The van der Waals surface area contributed by atoms with Crippen LogP contribution in [0.2, 0.25) is 0 Å². The fourth-order valence-corrected chi connectivity index (χ4v) is 4.51. The Hall–Kier alpha value is -3.63. The van der Waals surface area contributed by atoms with Crippen LogP contribution in [0.1, 0.15) is 55.8 Å². The Bertz CT molecular complexity index is 1300. The molecule has 0 bridgehead atoms. The van der Waals surface area contributed by atoms with Crippen molar-refractivity contribution in [3.05, 3.63) is 78.1 Å². The zero-order valence-electron chi connectivity index (χ0n) is 24.1. The number of rotatable bonds is 16. The summed E-state index contributed by atoms with van der Waals surface area (Å²) in [4.78, 5) is 12.5. The van der Waals surface area contributed by atoms with Crippen molar-refractivity contribution in [3.8, 4) is 28.4 Å². The van der Waals surface area contributed by atoms with Crippen molar-refractivity contribution in [2.75, 3.05) is 33.0 Å². The Balaban J connectivity index is 1.11. The molecule has 1 saturated heterocycles. The van der Waals surface area contributed by atoms with E-state index < -0.39 is 23.9 Å². The molecular weight excluding hydrogens is 568 g/mol. The van der Waals surface area contributed by atoms with Gasteiger partial charge in [-0.15, -0.1) is 13.2 Å². The third-order valence-corrected chi connectivity index (χ3v) is 6.95. The molecule has 232 valence electrons. The van der Waals surface area contributed by atoms with E-state index in [2.05, 4.69) is 11.7 Å². The summed E-state index contributed by atoms with van der Waals surface area (Å²) in [6.45, 7) is 5.97. The minimum atomic E-state index is -4.98. The first kappa shape index (κ1) is 32.3. The number of hydrogen-bond donors (Lipinski definition) is 0. The van der Waals surface area contributed by atoms with Crippen molar-refractivity contribution in [2.45, 2.75) is 51.8 Å². The first-order chi connectivity index (χ1) is 20.6. The number of unbranched alkanes of at least 4 members (excludes halogenated alkanes) is 5. The predicted molar refractivity (Wildman–Crippen MR) is 153 cm³/mol. The van der Waals surface area contributed by atoms with Crippen LogP contribution >= 0.6 is 0 Å². The van der Waals surface area contributed by atoms with E-state index in [1.807, 2.05) is 0 Å². The summed E-state index contributed by atoms with van der Waals surface area (Å²) in [5, 5.41) is 0. The van der Waals surface area contributed by atoms with Gasteiger partial charge in [0.2, 0.25) is 0 Å². The molecule has 10 heteroatoms. The smallest absolute Gasteiger partial charge is 0.494 e. The maximum Gasteiger partial charge on any atom is 0.573 e. The molecule has 0 saturated carbocycles. The van der Waals surface area contributed by atoms with Gasteiger partial charge < -0.3 is 23.7 Å². The monoisotopic (exact) mass is 604 g/mol. The van der Waals surface area contributed by atoms with Crippen LogP contribution in [-0.2, 0) is 9.47 Å². The lowest BCUT2D eigenvalue weighted by molar-refractivity contribution is -0.275. The highest BCUT2D eigenvalue weighted by Gasteiger charge is 2.33. The fraction of sp³-hybridized carbons (Fsp3) is 0.424. The lowest BCUT2D eigenvalue weighted by Gasteiger charge is -2.37. The third-order valence-electron chi connectivity index (χ3n) is 6.95. The zero-order chi connectivity index (χ0) is 30.7. The van der Waals surface area contributed by atoms with Gasteiger partial charge in [-0.1, -0.05) is 50.8 Å². The van der Waals surface area contributed by atoms with Gasteiger partial charge in [-0.25, -0.2) is 9.18 Å². The third kappa shape index (κ3) is 10.5. The first-order valence-electron chi connectivity index (χ1n) is 14.4. The maximum absolute atomic E-state index is 14.0. The summed E-state index contributed by atoms with van der Waals surface area (Å²) in [6, 6.07) is 16.0. The average Bonchev–Trinajstić information content (AvgIpc) is 2.96. The molecule has 1 fully saturated rings. The number of benzene rings is 3. The van der Waals surface area contributed by atoms with Crippen molar-refractivity contribution in [1.29, 1.82) is 0 Å². The number of hydrogen-bond acceptors (Lipinski definition) is 6. The molecule has 0 N–H and O–H groups in total. The summed E-state index contributed by atoms with van der Waals surface area (Å²) in [5.41, 5.74) is 1.42. The highest BCUT2D eigenvalue weighted by Crippen LogP contribution is 2.31. The molecule has 0 radical (unpaired) electrons. The molecular formula is C33H36F4O6. The Morgan fingerprint density at radius 3 is 2.02 bits per heavy atom. The first-order valence-corrected chi connectivity index (χ1v) is 14.4. The van der Waals surface area contributed by atoms with E-state index in [0.29, 0.717) is 29.0 Å². The molecule has 43 heavy (non-hydrogen) atoms. The van der Waals surface area contributed by atoms with Crippen molar-refractivity contribution in [1.82, 2.24) is 0 Å². The Labute approximate surface area is 248 Å². The van der Waals surface area contributed by atoms with Crippen LogP contribution in [0.4, 0.5) is 17.6 Å². The second kappa shape index (κ2) is 15.2. The van der Waals surface area contributed by atoms with Crippen molar-refractivity contribution < 1.29 is 46.0 Å². The van der Waals surface area contributed by atoms with Crippen LogP contribution in [0.15, 0.2) is 66.7 Å². The number of carbonyl (C=O) groups excluding carboxylic acids is 1. The SMILES string of the molecule is CC1(COCCCCCCCCOc2ccc(C(=O)Oc3ccc(-c4ccc(OC(F)(F)F)c(F)c4)cc3)cc2)COC1. The zero-order valence-corrected chi connectivity index (χ0v) is 24.1. The van der Waals surface area contributed by atoms with Gasteiger partial charge in [0, 0.05) is 12.0 Å². The Morgan fingerprint density at radius 2 is 1.42 bits per heavy atom. The molecule has 0 atom stereocenters. The molecule has 4 rings (SSSR count). The lowest BCUT2D eigenvalue weighted by atomic mass is 9.90. The van der Waals surface area contributed by atoms with Gasteiger partial charge in [0.1, 0.15) is 11.5 Å². The second-order valence-corrected chi connectivity index (χ2v) is 11.0. The number of halogens is 4. The van der Waals surface area contributed by atoms with Crippen molar-refractivity contribution in [3.63, 3.8) is 0 Å². The molecule has 1 aliphatic heterocycles. The lowest BCUT2D eigenvalue weighted by Crippen LogP contribution is -2.43. The summed E-state index contributed by atoms with van der Waals surface area (Å²) < 4.78 is 76.9. The summed E-state index contributed by atoms with van der Waals surface area (Å²) in [5.74, 6) is -1.68. The van der Waals surface area contributed by atoms with Crippen LogP contribution in [-0.4, -0.2) is 45.4 Å². The Kier molecular flexibility index (Phi) is 11.4. The maximum atomic E-state index is 14.0. The highest BCUT2D eigenvalue weighted by molar-refractivity contribution is 5.91. The number of alkyl halides is 3. The molecule has 1 heterocycles. The molecule has 0 spiro atoms. The highest BCUT2D eigenvalue weighted by atomic mass is 19.4. The van der Waals surface area contributed by atoms with Gasteiger partial charge in [-0.05, 0) is 72.5 Å². The van der Waals surface area contributed by atoms with Crippen LogP contribution in [0.5, 0.6) is 17.2 Å². The number of esters is 1. The van der Waals surface area contributed by atoms with Crippen LogP contribution in [0, 0.1) is 11.2 Å². The molecule has 0 aliphatic carbocycles. The van der Waals surface area contributed by atoms with E-state index in [-0.39, 0.29) is 11.2 Å². The molecule has 6 nitrogen and oxygen atoms in total. The molecule has 0 unspecified atom stereocenters. The fourth-order valence-electron chi connectivity index (χ4n) is 4.51. The van der Waals surface area contributed by atoms with E-state index in [1.165, 1.54) is 24.6 Å². The molecule has 0 aromatic heterocycles. The second-order valence-electron chi connectivity index (χ2n) is 11.0. The standard InChI is InChI=1S/C33H36F4O6/c1-32(22-40-23-32)21-39-18-6-4-2-3-5-7-19-41-27-13-10-25(11-14-27)31(38)42-28-15-8-24(9-16-28)26-12-17-30(29(34)20-26)43-33(35,36)37/h8-17,20H,2-7,18-19,21-23H2,1H3. The van der Waals surface area contributed by atoms with Gasteiger partial charge in [0.15, 0.2) is 11.6 Å². The summed E-state index contributed by atoms with van der Waals surface area (Å²) in [7, 11) is 0.